The van der Waals surface area contributed by atoms with Gasteiger partial charge in [0.15, 0.2) is 5.78 Å². The van der Waals surface area contributed by atoms with Crippen LogP contribution in [0, 0.1) is 12.7 Å². The normalized spacial score (nSPS) is 11.0. The number of rotatable bonds is 3. The van der Waals surface area contributed by atoms with E-state index in [0.717, 1.165) is 5.56 Å². The molecule has 0 atom stereocenters. The zero-order valence-electron chi connectivity index (χ0n) is 11.4. The molecule has 0 fully saturated rings. The molecule has 106 valence electrons. The van der Waals surface area contributed by atoms with E-state index >= 15 is 0 Å². The van der Waals surface area contributed by atoms with Crippen molar-refractivity contribution in [3.05, 3.63) is 53.3 Å². The number of carbonyl (C=O) groups is 1. The number of nitrogens with zero attached hydrogens (tertiary/aromatic N) is 1. The molecule has 0 unspecified atom stereocenters. The van der Waals surface area contributed by atoms with Crippen molar-refractivity contribution >= 4 is 16.8 Å². The summed E-state index contributed by atoms with van der Waals surface area (Å²) in [6, 6.07) is 9.77. The van der Waals surface area contributed by atoms with Crippen molar-refractivity contribution < 1.29 is 14.3 Å². The Balaban J connectivity index is 2.08. The third kappa shape index (κ3) is 2.43. The summed E-state index contributed by atoms with van der Waals surface area (Å²) in [4.78, 5) is 19.0. The fourth-order valence-electron chi connectivity index (χ4n) is 2.20. The van der Waals surface area contributed by atoms with Gasteiger partial charge in [0.1, 0.15) is 18.2 Å². The number of aromatic amines is 1. The first-order chi connectivity index (χ1) is 10.1. The van der Waals surface area contributed by atoms with E-state index < -0.39 is 6.61 Å². The lowest BCUT2D eigenvalue weighted by Gasteiger charge is -1.99. The van der Waals surface area contributed by atoms with Gasteiger partial charge in [0, 0.05) is 11.1 Å². The van der Waals surface area contributed by atoms with Crippen LogP contribution in [0.5, 0.6) is 0 Å². The molecule has 0 saturated carbocycles. The Morgan fingerprint density at radius 3 is 2.81 bits per heavy atom. The summed E-state index contributed by atoms with van der Waals surface area (Å²) >= 11 is 0. The summed E-state index contributed by atoms with van der Waals surface area (Å²) < 4.78 is 13.3. The van der Waals surface area contributed by atoms with Crippen LogP contribution in [0.4, 0.5) is 4.39 Å². The molecule has 3 rings (SSSR count). The van der Waals surface area contributed by atoms with E-state index in [4.69, 9.17) is 5.11 Å². The molecule has 0 aliphatic rings. The number of aromatic nitrogens is 2. The first kappa shape index (κ1) is 13.5. The van der Waals surface area contributed by atoms with E-state index in [0.29, 0.717) is 28.0 Å². The molecule has 21 heavy (non-hydrogen) atoms. The van der Waals surface area contributed by atoms with Crippen molar-refractivity contribution in [3.8, 4) is 11.4 Å². The van der Waals surface area contributed by atoms with Crippen molar-refractivity contribution in [2.45, 2.75) is 6.92 Å². The Labute approximate surface area is 120 Å². The van der Waals surface area contributed by atoms with Crippen LogP contribution in [0.15, 0.2) is 36.4 Å². The van der Waals surface area contributed by atoms with Crippen molar-refractivity contribution in [3.63, 3.8) is 0 Å². The van der Waals surface area contributed by atoms with Gasteiger partial charge in [-0.1, -0.05) is 0 Å². The molecule has 1 aromatic heterocycles. The van der Waals surface area contributed by atoms with Gasteiger partial charge in [0.05, 0.1) is 11.0 Å². The number of aliphatic hydroxyl groups excluding tert-OH is 1. The van der Waals surface area contributed by atoms with Crippen molar-refractivity contribution in [2.24, 2.45) is 0 Å². The highest BCUT2D eigenvalue weighted by molar-refractivity contribution is 5.99. The number of fused-ring (bicyclic) bond motifs is 1. The standard InChI is InChI=1S/C16H13FN2O2/c1-9-6-11(2-4-12(9)17)16-18-13-5-3-10(15(21)8-20)7-14(13)19-16/h2-7,20H,8H2,1H3,(H,18,19). The fraction of sp³-hybridized carbons (Fsp3) is 0.125. The number of carbonyl (C=O) groups excluding carboxylic acids is 1. The topological polar surface area (TPSA) is 66.0 Å². The van der Waals surface area contributed by atoms with Crippen LogP contribution >= 0.6 is 0 Å². The zero-order valence-corrected chi connectivity index (χ0v) is 11.4. The van der Waals surface area contributed by atoms with E-state index in [1.807, 2.05) is 0 Å². The summed E-state index contributed by atoms with van der Waals surface area (Å²) in [5.41, 5.74) is 3.16. The van der Waals surface area contributed by atoms with Gasteiger partial charge < -0.3 is 10.1 Å². The van der Waals surface area contributed by atoms with Crippen molar-refractivity contribution in [1.29, 1.82) is 0 Å². The number of benzene rings is 2. The molecule has 0 radical (unpaired) electrons. The molecule has 1 heterocycles. The number of hydrogen-bond acceptors (Lipinski definition) is 3. The Morgan fingerprint density at radius 2 is 2.10 bits per heavy atom. The van der Waals surface area contributed by atoms with Gasteiger partial charge in [-0.15, -0.1) is 0 Å². The number of nitrogens with one attached hydrogen (secondary N) is 1. The smallest absolute Gasteiger partial charge is 0.188 e. The van der Waals surface area contributed by atoms with E-state index in [1.54, 1.807) is 37.3 Å². The number of aryl methyl sites for hydroxylation is 1. The number of aliphatic hydroxyl groups is 1. The minimum Gasteiger partial charge on any atom is -0.388 e. The van der Waals surface area contributed by atoms with Crippen LogP contribution in [0.2, 0.25) is 0 Å². The maximum absolute atomic E-state index is 13.3. The Bertz CT molecular complexity index is 839. The SMILES string of the molecule is Cc1cc(-c2nc3ccc(C(=O)CO)cc3[nH]2)ccc1F. The summed E-state index contributed by atoms with van der Waals surface area (Å²) in [6.07, 6.45) is 0. The Kier molecular flexibility index (Phi) is 3.27. The summed E-state index contributed by atoms with van der Waals surface area (Å²) in [5.74, 6) is 0.0121. The van der Waals surface area contributed by atoms with Crippen molar-refractivity contribution in [1.82, 2.24) is 9.97 Å². The van der Waals surface area contributed by atoms with Gasteiger partial charge in [-0.3, -0.25) is 4.79 Å². The molecule has 0 spiro atoms. The number of ketones is 1. The van der Waals surface area contributed by atoms with Gasteiger partial charge >= 0.3 is 0 Å². The van der Waals surface area contributed by atoms with Gasteiger partial charge in [-0.2, -0.15) is 0 Å². The van der Waals surface area contributed by atoms with E-state index in [-0.39, 0.29) is 11.6 Å². The molecular formula is C16H13FN2O2. The average molecular weight is 284 g/mol. The largest absolute Gasteiger partial charge is 0.388 e. The molecule has 0 amide bonds. The molecule has 0 bridgehead atoms. The number of H-pyrrole nitrogens is 1. The first-order valence-electron chi connectivity index (χ1n) is 6.49. The average Bonchev–Trinajstić information content (AvgIpc) is 2.92. The third-order valence-corrected chi connectivity index (χ3v) is 3.38. The molecule has 0 aliphatic carbocycles. The predicted molar refractivity (Wildman–Crippen MR) is 77.6 cm³/mol. The van der Waals surface area contributed by atoms with E-state index in [9.17, 15) is 9.18 Å². The minimum atomic E-state index is -0.524. The van der Waals surface area contributed by atoms with Gasteiger partial charge in [-0.25, -0.2) is 9.37 Å². The summed E-state index contributed by atoms with van der Waals surface area (Å²) in [6.45, 7) is 1.17. The minimum absolute atomic E-state index is 0.259. The van der Waals surface area contributed by atoms with E-state index in [1.165, 1.54) is 6.07 Å². The van der Waals surface area contributed by atoms with Crippen LogP contribution in [0.3, 0.4) is 0 Å². The van der Waals surface area contributed by atoms with Crippen LogP contribution in [0.25, 0.3) is 22.4 Å². The summed E-state index contributed by atoms with van der Waals surface area (Å²) in [5, 5.41) is 8.89. The quantitative estimate of drug-likeness (QED) is 0.727. The van der Waals surface area contributed by atoms with E-state index in [2.05, 4.69) is 9.97 Å². The number of halogens is 1. The molecule has 2 aromatic carbocycles. The lowest BCUT2D eigenvalue weighted by molar-refractivity contribution is 0.0904. The maximum atomic E-state index is 13.3. The lowest BCUT2D eigenvalue weighted by atomic mass is 10.1. The number of Topliss-reactive ketones (excluding diaryl/α,β-unsaturated/α-hetero) is 1. The highest BCUT2D eigenvalue weighted by Gasteiger charge is 2.10. The molecule has 5 heteroatoms. The predicted octanol–water partition coefficient (Wildman–Crippen LogP) is 2.85. The van der Waals surface area contributed by atoms with Gasteiger partial charge in [0.2, 0.25) is 0 Å². The van der Waals surface area contributed by atoms with Gasteiger partial charge in [-0.05, 0) is 48.9 Å². The highest BCUT2D eigenvalue weighted by atomic mass is 19.1. The molecule has 3 aromatic rings. The second kappa shape index (κ2) is 5.10. The third-order valence-electron chi connectivity index (χ3n) is 3.38. The van der Waals surface area contributed by atoms with Gasteiger partial charge in [0.25, 0.3) is 0 Å². The fourth-order valence-corrected chi connectivity index (χ4v) is 2.20. The van der Waals surface area contributed by atoms with Crippen molar-refractivity contribution in [2.75, 3.05) is 6.61 Å². The summed E-state index contributed by atoms with van der Waals surface area (Å²) in [7, 11) is 0. The second-order valence-corrected chi connectivity index (χ2v) is 4.86. The molecule has 2 N–H and O–H groups in total. The first-order valence-corrected chi connectivity index (χ1v) is 6.49. The Morgan fingerprint density at radius 1 is 1.29 bits per heavy atom. The highest BCUT2D eigenvalue weighted by Crippen LogP contribution is 2.23. The number of hydrogen-bond donors (Lipinski definition) is 2. The second-order valence-electron chi connectivity index (χ2n) is 4.86. The van der Waals surface area contributed by atoms with Crippen LogP contribution in [-0.2, 0) is 0 Å². The molecule has 4 nitrogen and oxygen atoms in total. The van der Waals surface area contributed by atoms with Crippen LogP contribution in [-0.4, -0.2) is 27.5 Å². The maximum Gasteiger partial charge on any atom is 0.188 e. The molecule has 0 saturated heterocycles. The molecule has 0 aliphatic heterocycles. The Hall–Kier alpha value is -2.53. The molecular weight excluding hydrogens is 271 g/mol. The van der Waals surface area contributed by atoms with Crippen LogP contribution < -0.4 is 0 Å². The zero-order chi connectivity index (χ0) is 15.0. The monoisotopic (exact) mass is 284 g/mol. The van der Waals surface area contributed by atoms with Crippen LogP contribution in [0.1, 0.15) is 15.9 Å². The number of imidazole rings is 1. The lowest BCUT2D eigenvalue weighted by Crippen LogP contribution is -2.03.